The van der Waals surface area contributed by atoms with Crippen LogP contribution in [0.2, 0.25) is 0 Å². The summed E-state index contributed by atoms with van der Waals surface area (Å²) >= 11 is 0. The van der Waals surface area contributed by atoms with Crippen LogP contribution in [0.15, 0.2) is 42.0 Å². The van der Waals surface area contributed by atoms with E-state index in [1.165, 1.54) is 30.4 Å². The Bertz CT molecular complexity index is 797. The maximum Gasteiger partial charge on any atom is 0.331 e. The molecule has 10 heteroatoms. The number of aliphatic hydroxyl groups is 4. The highest BCUT2D eigenvalue weighted by atomic mass is 16.7. The van der Waals surface area contributed by atoms with Crippen molar-refractivity contribution in [3.05, 3.63) is 47.6 Å². The van der Waals surface area contributed by atoms with Crippen molar-refractivity contribution in [2.24, 2.45) is 0 Å². The quantitative estimate of drug-likeness (QED) is 0.204. The van der Waals surface area contributed by atoms with E-state index in [0.717, 1.165) is 0 Å². The van der Waals surface area contributed by atoms with Gasteiger partial charge in [0.15, 0.2) is 6.29 Å². The van der Waals surface area contributed by atoms with Gasteiger partial charge in [-0.05, 0) is 29.8 Å². The number of aromatic hydroxyl groups is 1. The van der Waals surface area contributed by atoms with E-state index in [4.69, 9.17) is 24.6 Å². The molecule has 1 aliphatic heterocycles. The minimum Gasteiger partial charge on any atom is -0.508 e. The van der Waals surface area contributed by atoms with E-state index in [-0.39, 0.29) is 24.5 Å². The van der Waals surface area contributed by atoms with Gasteiger partial charge in [-0.25, -0.2) is 4.79 Å². The van der Waals surface area contributed by atoms with Crippen molar-refractivity contribution in [1.29, 1.82) is 5.26 Å². The summed E-state index contributed by atoms with van der Waals surface area (Å²) in [5, 5.41) is 56.7. The predicted molar refractivity (Wildman–Crippen MR) is 102 cm³/mol. The van der Waals surface area contributed by atoms with Crippen molar-refractivity contribution in [2.45, 2.75) is 30.7 Å². The Morgan fingerprint density at radius 2 is 1.87 bits per heavy atom. The van der Waals surface area contributed by atoms with Crippen LogP contribution in [-0.2, 0) is 19.0 Å². The molecule has 2 rings (SSSR count). The number of carbonyl (C=O) groups is 1. The third-order valence-corrected chi connectivity index (χ3v) is 4.26. The molecule has 5 atom stereocenters. The normalized spacial score (nSPS) is 27.0. The number of ether oxygens (including phenoxy) is 3. The fourth-order valence-corrected chi connectivity index (χ4v) is 2.53. The Labute approximate surface area is 172 Å². The first-order valence-electron chi connectivity index (χ1n) is 9.00. The van der Waals surface area contributed by atoms with Crippen LogP contribution >= 0.6 is 0 Å². The van der Waals surface area contributed by atoms with E-state index in [0.29, 0.717) is 5.56 Å². The summed E-state index contributed by atoms with van der Waals surface area (Å²) in [7, 11) is 0. The topological polar surface area (TPSA) is 170 Å². The largest absolute Gasteiger partial charge is 0.508 e. The first-order valence-corrected chi connectivity index (χ1v) is 9.00. The molecule has 0 bridgehead atoms. The van der Waals surface area contributed by atoms with E-state index >= 15 is 0 Å². The van der Waals surface area contributed by atoms with Gasteiger partial charge in [-0.2, -0.15) is 5.26 Å². The highest BCUT2D eigenvalue weighted by molar-refractivity contribution is 5.87. The van der Waals surface area contributed by atoms with Gasteiger partial charge < -0.3 is 39.7 Å². The molecule has 0 amide bonds. The summed E-state index contributed by atoms with van der Waals surface area (Å²) in [5.74, 6) is -0.580. The maximum atomic E-state index is 11.7. The van der Waals surface area contributed by atoms with Crippen molar-refractivity contribution >= 4 is 12.0 Å². The Morgan fingerprint density at radius 3 is 2.50 bits per heavy atom. The molecule has 0 saturated carbocycles. The average molecular weight is 421 g/mol. The molecule has 1 aromatic carbocycles. The van der Waals surface area contributed by atoms with Gasteiger partial charge in [0.05, 0.1) is 24.9 Å². The van der Waals surface area contributed by atoms with Crippen molar-refractivity contribution in [3.8, 4) is 11.8 Å². The van der Waals surface area contributed by atoms with Gasteiger partial charge >= 0.3 is 5.97 Å². The molecule has 1 heterocycles. The van der Waals surface area contributed by atoms with Crippen LogP contribution < -0.4 is 0 Å². The van der Waals surface area contributed by atoms with Crippen LogP contribution in [0.4, 0.5) is 0 Å². The molecule has 0 aromatic heterocycles. The maximum absolute atomic E-state index is 11.7. The summed E-state index contributed by atoms with van der Waals surface area (Å²) < 4.78 is 15.4. The van der Waals surface area contributed by atoms with Crippen LogP contribution in [-0.4, -0.2) is 82.0 Å². The molecule has 10 nitrogen and oxygen atoms in total. The van der Waals surface area contributed by atoms with Gasteiger partial charge in [0.25, 0.3) is 0 Å². The van der Waals surface area contributed by atoms with Crippen LogP contribution in [0.25, 0.3) is 6.08 Å². The van der Waals surface area contributed by atoms with E-state index in [1.54, 1.807) is 12.1 Å². The summed E-state index contributed by atoms with van der Waals surface area (Å²) in [6.45, 7) is -1.11. The molecule has 1 aliphatic rings. The number of aliphatic hydroxyl groups excluding tert-OH is 4. The first-order chi connectivity index (χ1) is 14.3. The van der Waals surface area contributed by atoms with E-state index in [1.807, 2.05) is 6.07 Å². The molecule has 0 spiro atoms. The Balaban J connectivity index is 1.82. The molecular formula is C20H23NO9. The number of phenolic OH excluding ortho intramolecular Hbond substituents is 1. The van der Waals surface area contributed by atoms with Gasteiger partial charge in [-0.3, -0.25) is 0 Å². The summed E-state index contributed by atoms with van der Waals surface area (Å²) in [6.07, 6.45) is -3.08. The molecule has 30 heavy (non-hydrogen) atoms. The van der Waals surface area contributed by atoms with Crippen molar-refractivity contribution in [2.75, 3.05) is 19.8 Å². The lowest BCUT2D eigenvalue weighted by atomic mass is 9.99. The highest BCUT2D eigenvalue weighted by Crippen LogP contribution is 2.22. The van der Waals surface area contributed by atoms with E-state index in [2.05, 4.69) is 0 Å². The monoisotopic (exact) mass is 421 g/mol. The zero-order valence-electron chi connectivity index (χ0n) is 15.9. The third-order valence-electron chi connectivity index (χ3n) is 4.26. The van der Waals surface area contributed by atoms with Crippen LogP contribution in [0.1, 0.15) is 5.56 Å². The molecule has 1 saturated heterocycles. The molecule has 0 radical (unpaired) electrons. The lowest BCUT2D eigenvalue weighted by Crippen LogP contribution is -2.59. The zero-order valence-corrected chi connectivity index (χ0v) is 15.9. The number of hydrogen-bond acceptors (Lipinski definition) is 10. The van der Waals surface area contributed by atoms with Gasteiger partial charge in [-0.15, -0.1) is 0 Å². The minimum atomic E-state index is -1.57. The number of hydrogen-bond donors (Lipinski definition) is 5. The molecule has 1 aromatic rings. The standard InChI is InChI=1S/C20H23NO9/c21-9-13(11-29-16(24)6-3-12-1-4-14(23)5-2-12)7-8-28-20-19(27)18(26)17(25)15(10-22)30-20/h1-7,15,17-20,22-23,25-27H,8,10-11H2/b6-3+,13-7-. The second-order valence-electron chi connectivity index (χ2n) is 6.40. The lowest BCUT2D eigenvalue weighted by molar-refractivity contribution is -0.298. The van der Waals surface area contributed by atoms with Crippen molar-refractivity contribution < 1.29 is 44.5 Å². The number of carbonyl (C=O) groups excluding carboxylic acids is 1. The van der Waals surface area contributed by atoms with Crippen LogP contribution in [0.5, 0.6) is 5.75 Å². The first kappa shape index (κ1) is 23.5. The molecule has 1 fully saturated rings. The fourth-order valence-electron chi connectivity index (χ4n) is 2.53. The molecular weight excluding hydrogens is 398 g/mol. The predicted octanol–water partition coefficient (Wildman–Crippen LogP) is -0.785. The van der Waals surface area contributed by atoms with Gasteiger partial charge in [-0.1, -0.05) is 12.1 Å². The van der Waals surface area contributed by atoms with Crippen LogP contribution in [0, 0.1) is 11.3 Å². The fraction of sp³-hybridized carbons (Fsp3) is 0.400. The van der Waals surface area contributed by atoms with Crippen molar-refractivity contribution in [3.63, 3.8) is 0 Å². The zero-order chi connectivity index (χ0) is 22.1. The Kier molecular flexibility index (Phi) is 8.94. The number of phenols is 1. The molecule has 5 N–H and O–H groups in total. The summed E-state index contributed by atoms with van der Waals surface area (Å²) in [6, 6.07) is 7.99. The number of benzene rings is 1. The van der Waals surface area contributed by atoms with Crippen LogP contribution in [0.3, 0.4) is 0 Å². The SMILES string of the molecule is N#C/C(=C/COC1OC(CO)C(O)C(O)C1O)COC(=O)/C=C/c1ccc(O)cc1. The number of rotatable bonds is 8. The molecule has 0 aliphatic carbocycles. The Hall–Kier alpha value is -2.78. The van der Waals surface area contributed by atoms with Gasteiger partial charge in [0, 0.05) is 6.08 Å². The number of esters is 1. The third kappa shape index (κ3) is 6.64. The second kappa shape index (κ2) is 11.4. The molecule has 5 unspecified atom stereocenters. The highest BCUT2D eigenvalue weighted by Gasteiger charge is 2.43. The second-order valence-corrected chi connectivity index (χ2v) is 6.40. The summed E-state index contributed by atoms with van der Waals surface area (Å²) in [5.41, 5.74) is 0.750. The van der Waals surface area contributed by atoms with E-state index in [9.17, 15) is 25.2 Å². The molecule has 162 valence electrons. The summed E-state index contributed by atoms with van der Waals surface area (Å²) in [4.78, 5) is 11.7. The average Bonchev–Trinajstić information content (AvgIpc) is 2.75. The van der Waals surface area contributed by atoms with Gasteiger partial charge in [0.1, 0.15) is 36.8 Å². The number of nitriles is 1. The Morgan fingerprint density at radius 1 is 1.17 bits per heavy atom. The number of nitrogens with zero attached hydrogens (tertiary/aromatic N) is 1. The van der Waals surface area contributed by atoms with Gasteiger partial charge in [0.2, 0.25) is 0 Å². The smallest absolute Gasteiger partial charge is 0.331 e. The lowest BCUT2D eigenvalue weighted by Gasteiger charge is -2.39. The van der Waals surface area contributed by atoms with Crippen molar-refractivity contribution in [1.82, 2.24) is 0 Å². The van der Waals surface area contributed by atoms with E-state index < -0.39 is 43.3 Å². The minimum absolute atomic E-state index is 0.0750.